The second-order valence-corrected chi connectivity index (χ2v) is 4.00. The Kier molecular flexibility index (Phi) is 6.00. The van der Waals surface area contributed by atoms with Gasteiger partial charge in [-0.1, -0.05) is 23.7 Å². The highest BCUT2D eigenvalue weighted by Gasteiger charge is 2.03. The van der Waals surface area contributed by atoms with Crippen molar-refractivity contribution in [2.45, 2.75) is 13.0 Å². The molecule has 0 unspecified atom stereocenters. The molecule has 0 aliphatic rings. The number of urea groups is 1. The first-order valence-electron chi connectivity index (χ1n) is 5.45. The average molecular weight is 271 g/mol. The van der Waals surface area contributed by atoms with Gasteiger partial charge in [0.15, 0.2) is 0 Å². The SMILES string of the molecule is COC(=O)CCNC(=O)NCc1ccc(Cl)cc1. The maximum atomic E-state index is 11.4. The lowest BCUT2D eigenvalue weighted by Gasteiger charge is -2.07. The lowest BCUT2D eigenvalue weighted by atomic mass is 10.2. The van der Waals surface area contributed by atoms with Crippen molar-refractivity contribution in [3.05, 3.63) is 34.9 Å². The average Bonchev–Trinajstić information content (AvgIpc) is 2.38. The highest BCUT2D eigenvalue weighted by molar-refractivity contribution is 6.30. The number of amides is 2. The Morgan fingerprint density at radius 2 is 1.89 bits per heavy atom. The van der Waals surface area contributed by atoms with Gasteiger partial charge in [0.25, 0.3) is 0 Å². The van der Waals surface area contributed by atoms with Gasteiger partial charge >= 0.3 is 12.0 Å². The minimum absolute atomic E-state index is 0.158. The zero-order valence-electron chi connectivity index (χ0n) is 10.0. The van der Waals surface area contributed by atoms with Crippen molar-refractivity contribution in [1.82, 2.24) is 10.6 Å². The van der Waals surface area contributed by atoms with Gasteiger partial charge in [-0.3, -0.25) is 4.79 Å². The number of nitrogens with one attached hydrogen (secondary N) is 2. The zero-order valence-corrected chi connectivity index (χ0v) is 10.8. The van der Waals surface area contributed by atoms with Crippen LogP contribution >= 0.6 is 11.6 Å². The van der Waals surface area contributed by atoms with Crippen molar-refractivity contribution in [2.24, 2.45) is 0 Å². The van der Waals surface area contributed by atoms with Gasteiger partial charge in [-0.15, -0.1) is 0 Å². The van der Waals surface area contributed by atoms with E-state index >= 15 is 0 Å². The first-order valence-corrected chi connectivity index (χ1v) is 5.82. The molecule has 0 bridgehead atoms. The van der Waals surface area contributed by atoms with Gasteiger partial charge in [0.2, 0.25) is 0 Å². The normalized spacial score (nSPS) is 9.67. The molecular weight excluding hydrogens is 256 g/mol. The quantitative estimate of drug-likeness (QED) is 0.801. The number of esters is 1. The van der Waals surface area contributed by atoms with E-state index in [4.69, 9.17) is 11.6 Å². The molecule has 18 heavy (non-hydrogen) atoms. The molecule has 2 N–H and O–H groups in total. The van der Waals surface area contributed by atoms with Crippen molar-refractivity contribution in [3.63, 3.8) is 0 Å². The molecule has 1 rings (SSSR count). The zero-order chi connectivity index (χ0) is 13.4. The Bertz CT molecular complexity index is 406. The van der Waals surface area contributed by atoms with Crippen LogP contribution in [0.4, 0.5) is 4.79 Å². The van der Waals surface area contributed by atoms with E-state index in [1.807, 2.05) is 12.1 Å². The molecule has 5 nitrogen and oxygen atoms in total. The van der Waals surface area contributed by atoms with Crippen molar-refractivity contribution in [3.8, 4) is 0 Å². The van der Waals surface area contributed by atoms with Gasteiger partial charge in [0, 0.05) is 18.1 Å². The van der Waals surface area contributed by atoms with E-state index in [0.29, 0.717) is 11.6 Å². The summed E-state index contributed by atoms with van der Waals surface area (Å²) in [5.41, 5.74) is 0.947. The molecule has 0 aromatic heterocycles. The lowest BCUT2D eigenvalue weighted by molar-refractivity contribution is -0.140. The second-order valence-electron chi connectivity index (χ2n) is 3.56. The Morgan fingerprint density at radius 1 is 1.22 bits per heavy atom. The molecule has 0 aliphatic heterocycles. The van der Waals surface area contributed by atoms with Gasteiger partial charge in [-0.25, -0.2) is 4.79 Å². The summed E-state index contributed by atoms with van der Waals surface area (Å²) in [7, 11) is 1.31. The third-order valence-corrected chi connectivity index (χ3v) is 2.46. The molecule has 98 valence electrons. The summed E-state index contributed by atoms with van der Waals surface area (Å²) in [6, 6.07) is 6.85. The van der Waals surface area contributed by atoms with Gasteiger partial charge in [-0.2, -0.15) is 0 Å². The number of benzene rings is 1. The standard InChI is InChI=1S/C12H15ClN2O3/c1-18-11(16)6-7-14-12(17)15-8-9-2-4-10(13)5-3-9/h2-5H,6-8H2,1H3,(H2,14,15,17). The molecule has 0 aliphatic carbocycles. The van der Waals surface area contributed by atoms with E-state index in [0.717, 1.165) is 5.56 Å². The Balaban J connectivity index is 2.21. The van der Waals surface area contributed by atoms with E-state index in [9.17, 15) is 9.59 Å². The van der Waals surface area contributed by atoms with Crippen LogP contribution in [0.15, 0.2) is 24.3 Å². The number of hydrogen-bond donors (Lipinski definition) is 2. The monoisotopic (exact) mass is 270 g/mol. The summed E-state index contributed by atoms with van der Waals surface area (Å²) in [4.78, 5) is 22.2. The Hall–Kier alpha value is -1.75. The third-order valence-electron chi connectivity index (χ3n) is 2.21. The maximum absolute atomic E-state index is 11.4. The lowest BCUT2D eigenvalue weighted by Crippen LogP contribution is -2.36. The number of ether oxygens (including phenoxy) is 1. The number of hydrogen-bond acceptors (Lipinski definition) is 3. The molecule has 1 aromatic rings. The van der Waals surface area contributed by atoms with Crippen molar-refractivity contribution in [2.75, 3.05) is 13.7 Å². The minimum atomic E-state index is -0.354. The van der Waals surface area contributed by atoms with Crippen LogP contribution in [0.1, 0.15) is 12.0 Å². The van der Waals surface area contributed by atoms with Gasteiger partial charge in [-0.05, 0) is 17.7 Å². The van der Waals surface area contributed by atoms with Gasteiger partial charge in [0.1, 0.15) is 0 Å². The van der Waals surface area contributed by atoms with Crippen LogP contribution in [0.25, 0.3) is 0 Å². The Labute approximate surface area is 110 Å². The topological polar surface area (TPSA) is 67.4 Å². The molecule has 0 saturated heterocycles. The predicted molar refractivity (Wildman–Crippen MR) is 68.3 cm³/mol. The minimum Gasteiger partial charge on any atom is -0.469 e. The fourth-order valence-corrected chi connectivity index (χ4v) is 1.35. The number of carbonyl (C=O) groups excluding carboxylic acids is 2. The van der Waals surface area contributed by atoms with Crippen LogP contribution in [0.5, 0.6) is 0 Å². The molecule has 1 aromatic carbocycles. The summed E-state index contributed by atoms with van der Waals surface area (Å²) < 4.78 is 4.45. The molecule has 0 radical (unpaired) electrons. The van der Waals surface area contributed by atoms with Crippen LogP contribution in [0, 0.1) is 0 Å². The Morgan fingerprint density at radius 3 is 2.50 bits per heavy atom. The maximum Gasteiger partial charge on any atom is 0.315 e. The van der Waals surface area contributed by atoms with E-state index < -0.39 is 0 Å². The molecule has 2 amide bonds. The number of halogens is 1. The molecule has 0 saturated carbocycles. The largest absolute Gasteiger partial charge is 0.469 e. The van der Waals surface area contributed by atoms with E-state index in [1.54, 1.807) is 12.1 Å². The first-order chi connectivity index (χ1) is 8.61. The van der Waals surface area contributed by atoms with Crippen LogP contribution in [0.3, 0.4) is 0 Å². The molecular formula is C12H15ClN2O3. The smallest absolute Gasteiger partial charge is 0.315 e. The summed E-state index contributed by atoms with van der Waals surface area (Å²) in [6.45, 7) is 0.653. The molecule has 6 heteroatoms. The van der Waals surface area contributed by atoms with Gasteiger partial charge in [0.05, 0.1) is 13.5 Å². The van der Waals surface area contributed by atoms with Crippen molar-refractivity contribution >= 4 is 23.6 Å². The third kappa shape index (κ3) is 5.54. The van der Waals surface area contributed by atoms with Crippen LogP contribution in [-0.4, -0.2) is 25.7 Å². The first kappa shape index (κ1) is 14.3. The van der Waals surface area contributed by atoms with E-state index in [2.05, 4.69) is 15.4 Å². The van der Waals surface area contributed by atoms with E-state index in [-0.39, 0.29) is 25.0 Å². The number of methoxy groups -OCH3 is 1. The van der Waals surface area contributed by atoms with E-state index in [1.165, 1.54) is 7.11 Å². The number of carbonyl (C=O) groups is 2. The molecule has 0 atom stereocenters. The van der Waals surface area contributed by atoms with Crippen LogP contribution in [0.2, 0.25) is 5.02 Å². The second kappa shape index (κ2) is 7.55. The predicted octanol–water partition coefficient (Wildman–Crippen LogP) is 1.70. The number of rotatable bonds is 5. The molecule has 0 heterocycles. The summed E-state index contributed by atoms with van der Waals surface area (Å²) in [5, 5.41) is 5.87. The fourth-order valence-electron chi connectivity index (χ4n) is 1.23. The van der Waals surface area contributed by atoms with Crippen LogP contribution < -0.4 is 10.6 Å². The van der Waals surface area contributed by atoms with Crippen LogP contribution in [-0.2, 0) is 16.1 Å². The molecule has 0 spiro atoms. The van der Waals surface area contributed by atoms with Crippen molar-refractivity contribution < 1.29 is 14.3 Å². The highest BCUT2D eigenvalue weighted by Crippen LogP contribution is 2.08. The summed E-state index contributed by atoms with van der Waals surface area (Å²) in [6.07, 6.45) is 0.158. The highest BCUT2D eigenvalue weighted by atomic mass is 35.5. The fraction of sp³-hybridized carbons (Fsp3) is 0.333. The summed E-state index contributed by atoms with van der Waals surface area (Å²) >= 11 is 5.74. The summed E-state index contributed by atoms with van der Waals surface area (Å²) in [5.74, 6) is -0.354. The molecule has 0 fully saturated rings. The van der Waals surface area contributed by atoms with Gasteiger partial charge < -0.3 is 15.4 Å². The van der Waals surface area contributed by atoms with Crippen molar-refractivity contribution in [1.29, 1.82) is 0 Å².